The number of thiazole rings is 1. The second kappa shape index (κ2) is 7.95. The van der Waals surface area contributed by atoms with Crippen LogP contribution < -0.4 is 10.2 Å². The molecule has 4 aromatic rings. The first-order valence-corrected chi connectivity index (χ1v) is 11.5. The van der Waals surface area contributed by atoms with E-state index in [0.29, 0.717) is 30.5 Å². The number of hydrogen-bond donors (Lipinski definition) is 2. The van der Waals surface area contributed by atoms with Gasteiger partial charge in [0.1, 0.15) is 5.69 Å². The summed E-state index contributed by atoms with van der Waals surface area (Å²) < 4.78 is 6.42. The highest BCUT2D eigenvalue weighted by atomic mass is 32.1. The summed E-state index contributed by atoms with van der Waals surface area (Å²) in [6.45, 7) is 3.08. The molecule has 4 aromatic heterocycles. The molecule has 5 heterocycles. The third kappa shape index (κ3) is 3.71. The van der Waals surface area contributed by atoms with Crippen LogP contribution >= 0.6 is 11.3 Å². The Morgan fingerprint density at radius 3 is 2.84 bits per heavy atom. The maximum Gasteiger partial charge on any atom is 0.274 e. The molecule has 0 bridgehead atoms. The summed E-state index contributed by atoms with van der Waals surface area (Å²) in [5.41, 5.74) is 4.29. The van der Waals surface area contributed by atoms with Crippen LogP contribution in [0.2, 0.25) is 0 Å². The Kier molecular flexibility index (Phi) is 4.80. The monoisotopic (exact) mass is 447 g/mol. The van der Waals surface area contributed by atoms with Crippen molar-refractivity contribution in [2.75, 3.05) is 36.5 Å². The molecule has 0 aromatic carbocycles. The quantitative estimate of drug-likeness (QED) is 0.482. The summed E-state index contributed by atoms with van der Waals surface area (Å²) in [7, 11) is 0. The maximum atomic E-state index is 13.1. The minimum Gasteiger partial charge on any atom is -0.378 e. The Hall–Kier alpha value is -3.37. The lowest BCUT2D eigenvalue weighted by Gasteiger charge is -2.25. The molecule has 1 saturated heterocycles. The first kappa shape index (κ1) is 19.3. The van der Waals surface area contributed by atoms with Gasteiger partial charge in [0.2, 0.25) is 0 Å². The molecule has 162 valence electrons. The number of ether oxygens (including phenoxy) is 1. The van der Waals surface area contributed by atoms with E-state index in [1.807, 2.05) is 18.2 Å². The summed E-state index contributed by atoms with van der Waals surface area (Å²) in [5, 5.41) is 10.7. The molecule has 0 radical (unpaired) electrons. The normalized spacial score (nSPS) is 16.4. The second-order valence-corrected chi connectivity index (χ2v) is 8.97. The number of carbonyl (C=O) groups excluding carboxylic acids is 1. The van der Waals surface area contributed by atoms with Crippen LogP contribution in [0.4, 0.5) is 10.8 Å². The van der Waals surface area contributed by atoms with Crippen LogP contribution in [0.5, 0.6) is 0 Å². The van der Waals surface area contributed by atoms with Gasteiger partial charge in [-0.1, -0.05) is 17.4 Å². The molecule has 1 aliphatic carbocycles. The molecule has 1 saturated carbocycles. The summed E-state index contributed by atoms with van der Waals surface area (Å²) in [6.07, 6.45) is 5.60. The number of anilines is 2. The van der Waals surface area contributed by atoms with Crippen molar-refractivity contribution in [1.29, 1.82) is 0 Å². The number of nitrogens with zero attached hydrogens (tertiary/aromatic N) is 5. The van der Waals surface area contributed by atoms with Gasteiger partial charge in [-0.2, -0.15) is 10.1 Å². The maximum absolute atomic E-state index is 13.1. The number of aromatic nitrogens is 5. The Bertz CT molecular complexity index is 1280. The highest BCUT2D eigenvalue weighted by molar-refractivity contribution is 7.22. The number of fused-ring (bicyclic) bond motifs is 1. The van der Waals surface area contributed by atoms with Crippen LogP contribution in [-0.2, 0) is 4.74 Å². The third-order valence-corrected chi connectivity index (χ3v) is 6.72. The summed E-state index contributed by atoms with van der Waals surface area (Å²) >= 11 is 1.60. The third-order valence-electron chi connectivity index (χ3n) is 5.67. The van der Waals surface area contributed by atoms with Crippen molar-refractivity contribution < 1.29 is 9.53 Å². The van der Waals surface area contributed by atoms with E-state index in [0.717, 1.165) is 58.4 Å². The van der Waals surface area contributed by atoms with Crippen molar-refractivity contribution in [3.63, 3.8) is 0 Å². The number of amides is 1. The smallest absolute Gasteiger partial charge is 0.274 e. The van der Waals surface area contributed by atoms with Gasteiger partial charge in [0.25, 0.3) is 5.91 Å². The number of morpholine rings is 1. The molecule has 1 aliphatic heterocycles. The minimum absolute atomic E-state index is 0.253. The van der Waals surface area contributed by atoms with E-state index in [2.05, 4.69) is 25.4 Å². The first-order valence-electron chi connectivity index (χ1n) is 10.7. The average molecular weight is 448 g/mol. The standard InChI is InChI=1S/C22H21N7O2S/c30-21(16-3-1-2-15(25-16)14-11-23-24-12-14)26-17-10-18-20(27-19(17)13-4-5-13)28-22(32-18)29-6-8-31-9-7-29/h1-3,10-13H,4-9H2,(H,23,24)(H,26,30). The predicted octanol–water partition coefficient (Wildman–Crippen LogP) is 3.44. The Morgan fingerprint density at radius 1 is 1.19 bits per heavy atom. The topological polar surface area (TPSA) is 109 Å². The van der Waals surface area contributed by atoms with Gasteiger partial charge in [0.05, 0.1) is 41.2 Å². The summed E-state index contributed by atoms with van der Waals surface area (Å²) in [6, 6.07) is 7.40. The van der Waals surface area contributed by atoms with Gasteiger partial charge in [0, 0.05) is 30.8 Å². The van der Waals surface area contributed by atoms with Gasteiger partial charge < -0.3 is 15.0 Å². The van der Waals surface area contributed by atoms with E-state index in [4.69, 9.17) is 14.7 Å². The fourth-order valence-electron chi connectivity index (χ4n) is 3.82. The van der Waals surface area contributed by atoms with Crippen LogP contribution in [0, 0.1) is 0 Å². The van der Waals surface area contributed by atoms with Gasteiger partial charge in [-0.15, -0.1) is 0 Å². The average Bonchev–Trinajstić information content (AvgIpc) is 3.36. The summed E-state index contributed by atoms with van der Waals surface area (Å²) in [4.78, 5) is 29.4. The zero-order valence-electron chi connectivity index (χ0n) is 17.2. The molecule has 0 unspecified atom stereocenters. The fourth-order valence-corrected chi connectivity index (χ4v) is 4.82. The number of rotatable bonds is 5. The van der Waals surface area contributed by atoms with Gasteiger partial charge in [0.15, 0.2) is 10.8 Å². The lowest BCUT2D eigenvalue weighted by atomic mass is 10.2. The number of carbonyl (C=O) groups is 1. The van der Waals surface area contributed by atoms with Crippen molar-refractivity contribution in [3.05, 3.63) is 48.0 Å². The van der Waals surface area contributed by atoms with Crippen molar-refractivity contribution >= 4 is 38.4 Å². The Labute approximate surface area is 187 Å². The van der Waals surface area contributed by atoms with E-state index >= 15 is 0 Å². The van der Waals surface area contributed by atoms with Crippen LogP contribution in [0.15, 0.2) is 36.7 Å². The van der Waals surface area contributed by atoms with Crippen LogP contribution in [-0.4, -0.2) is 57.4 Å². The van der Waals surface area contributed by atoms with E-state index in [1.165, 1.54) is 0 Å². The van der Waals surface area contributed by atoms with Gasteiger partial charge in [-0.3, -0.25) is 9.89 Å². The molecule has 10 heteroatoms. The first-order chi connectivity index (χ1) is 15.7. The molecule has 2 N–H and O–H groups in total. The van der Waals surface area contributed by atoms with Crippen molar-refractivity contribution in [3.8, 4) is 11.3 Å². The predicted molar refractivity (Wildman–Crippen MR) is 122 cm³/mol. The molecule has 2 aliphatic rings. The Balaban J connectivity index is 1.31. The van der Waals surface area contributed by atoms with E-state index in [1.54, 1.807) is 29.8 Å². The summed E-state index contributed by atoms with van der Waals surface area (Å²) in [5.74, 6) is 0.116. The van der Waals surface area contributed by atoms with E-state index < -0.39 is 0 Å². The number of hydrogen-bond acceptors (Lipinski definition) is 8. The van der Waals surface area contributed by atoms with Crippen molar-refractivity contribution in [1.82, 2.24) is 25.1 Å². The minimum atomic E-state index is -0.253. The molecule has 6 rings (SSSR count). The molecular weight excluding hydrogens is 426 g/mol. The van der Waals surface area contributed by atoms with E-state index in [-0.39, 0.29) is 5.91 Å². The fraction of sp³-hybridized carbons (Fsp3) is 0.318. The number of nitrogens with one attached hydrogen (secondary N) is 2. The second-order valence-electron chi connectivity index (χ2n) is 7.96. The number of H-pyrrole nitrogens is 1. The van der Waals surface area contributed by atoms with E-state index in [9.17, 15) is 4.79 Å². The zero-order valence-corrected chi connectivity index (χ0v) is 18.1. The zero-order chi connectivity index (χ0) is 21.5. The highest BCUT2D eigenvalue weighted by Gasteiger charge is 2.30. The highest BCUT2D eigenvalue weighted by Crippen LogP contribution is 2.44. The molecule has 0 atom stereocenters. The van der Waals surface area contributed by atoms with Crippen LogP contribution in [0.1, 0.15) is 34.9 Å². The number of aromatic amines is 1. The van der Waals surface area contributed by atoms with Crippen molar-refractivity contribution in [2.45, 2.75) is 18.8 Å². The molecule has 2 fully saturated rings. The molecule has 1 amide bonds. The van der Waals surface area contributed by atoms with Crippen LogP contribution in [0.3, 0.4) is 0 Å². The molecule has 9 nitrogen and oxygen atoms in total. The van der Waals surface area contributed by atoms with Crippen LogP contribution in [0.25, 0.3) is 21.6 Å². The molecule has 32 heavy (non-hydrogen) atoms. The lowest BCUT2D eigenvalue weighted by molar-refractivity contribution is 0.102. The number of pyridine rings is 2. The van der Waals surface area contributed by atoms with Crippen molar-refractivity contribution in [2.24, 2.45) is 0 Å². The largest absolute Gasteiger partial charge is 0.378 e. The lowest BCUT2D eigenvalue weighted by Crippen LogP contribution is -2.36. The van der Waals surface area contributed by atoms with Gasteiger partial charge in [-0.05, 0) is 31.0 Å². The molecule has 0 spiro atoms. The molecular formula is C22H21N7O2S. The van der Waals surface area contributed by atoms with Gasteiger partial charge >= 0.3 is 0 Å². The Morgan fingerprint density at radius 2 is 2.06 bits per heavy atom. The SMILES string of the molecule is O=C(Nc1cc2sc(N3CCOCC3)nc2nc1C1CC1)c1cccc(-c2cn[nH]c2)n1. The van der Waals surface area contributed by atoms with Gasteiger partial charge in [-0.25, -0.2) is 9.97 Å².